The molecule has 0 unspecified atom stereocenters. The molecule has 4 rings (SSSR count). The second-order valence-electron chi connectivity index (χ2n) is 6.48. The van der Waals surface area contributed by atoms with Crippen LogP contribution in [0.1, 0.15) is 0 Å². The molecule has 3 heteroatoms. The van der Waals surface area contributed by atoms with E-state index in [9.17, 15) is 8.78 Å². The minimum atomic E-state index is -0.352. The molecule has 0 spiro atoms. The Morgan fingerprint density at radius 3 is 1.46 bits per heavy atom. The summed E-state index contributed by atoms with van der Waals surface area (Å²) in [5.41, 5.74) is 3.86. The Morgan fingerprint density at radius 1 is 0.536 bits per heavy atom. The summed E-state index contributed by atoms with van der Waals surface area (Å²) in [5, 5.41) is 0. The van der Waals surface area contributed by atoms with Crippen molar-refractivity contribution in [2.45, 2.75) is 0 Å². The maximum absolute atomic E-state index is 14.7. The molecular weight excluding hydrogens is 354 g/mol. The molecule has 4 aromatic rings. The first-order chi connectivity index (χ1) is 13.7. The number of benzene rings is 4. The van der Waals surface area contributed by atoms with E-state index in [2.05, 4.69) is 0 Å². The van der Waals surface area contributed by atoms with Gasteiger partial charge < -0.3 is 4.74 Å². The lowest BCUT2D eigenvalue weighted by molar-refractivity contribution is 0.415. The van der Waals surface area contributed by atoms with Crippen LogP contribution in [0.2, 0.25) is 0 Å². The zero-order valence-electron chi connectivity index (χ0n) is 15.3. The summed E-state index contributed by atoms with van der Waals surface area (Å²) in [7, 11) is 1.59. The van der Waals surface area contributed by atoms with Gasteiger partial charge in [-0.1, -0.05) is 66.7 Å². The summed E-state index contributed by atoms with van der Waals surface area (Å²) in [4.78, 5) is 0. The molecule has 0 saturated heterocycles. The molecule has 0 fully saturated rings. The standard InChI is InChI=1S/C25H18F2O/c1-28-21-11-7-18(8-12-21)23-14-10-20(16-25(23)27)19-9-13-22(24(26)15-19)17-5-3-2-4-6-17/h2-16H,1H3. The van der Waals surface area contributed by atoms with Crippen molar-refractivity contribution >= 4 is 0 Å². The lowest BCUT2D eigenvalue weighted by Gasteiger charge is -2.10. The van der Waals surface area contributed by atoms with E-state index < -0.39 is 0 Å². The molecule has 0 aliphatic heterocycles. The highest BCUT2D eigenvalue weighted by atomic mass is 19.1. The largest absolute Gasteiger partial charge is 0.497 e. The Kier molecular flexibility index (Phi) is 4.90. The van der Waals surface area contributed by atoms with Gasteiger partial charge in [0.2, 0.25) is 0 Å². The molecule has 0 bridgehead atoms. The molecule has 0 aliphatic rings. The maximum atomic E-state index is 14.7. The van der Waals surface area contributed by atoms with Crippen LogP contribution in [0.4, 0.5) is 8.78 Å². The Bertz CT molecular complexity index is 1100. The average Bonchev–Trinajstić information content (AvgIpc) is 2.74. The molecule has 0 amide bonds. The van der Waals surface area contributed by atoms with Gasteiger partial charge in [0.25, 0.3) is 0 Å². The molecule has 0 saturated carbocycles. The Balaban J connectivity index is 1.66. The number of methoxy groups -OCH3 is 1. The molecule has 0 aliphatic carbocycles. The van der Waals surface area contributed by atoms with E-state index in [4.69, 9.17) is 4.74 Å². The molecule has 138 valence electrons. The topological polar surface area (TPSA) is 9.23 Å². The molecule has 0 N–H and O–H groups in total. The third-order valence-electron chi connectivity index (χ3n) is 4.76. The van der Waals surface area contributed by atoms with Gasteiger partial charge in [0.05, 0.1) is 7.11 Å². The number of ether oxygens (including phenoxy) is 1. The smallest absolute Gasteiger partial charge is 0.131 e. The fraction of sp³-hybridized carbons (Fsp3) is 0.0400. The van der Waals surface area contributed by atoms with E-state index in [-0.39, 0.29) is 11.6 Å². The van der Waals surface area contributed by atoms with Gasteiger partial charge in [-0.15, -0.1) is 0 Å². The second kappa shape index (κ2) is 7.65. The first-order valence-corrected chi connectivity index (χ1v) is 8.95. The second-order valence-corrected chi connectivity index (χ2v) is 6.48. The van der Waals surface area contributed by atoms with Gasteiger partial charge in [-0.2, -0.15) is 0 Å². The Morgan fingerprint density at radius 2 is 1.00 bits per heavy atom. The summed E-state index contributed by atoms with van der Waals surface area (Å²) in [5.74, 6) is 0.0355. The molecule has 28 heavy (non-hydrogen) atoms. The fourth-order valence-corrected chi connectivity index (χ4v) is 3.25. The van der Waals surface area contributed by atoms with Crippen LogP contribution in [0.3, 0.4) is 0 Å². The highest BCUT2D eigenvalue weighted by Gasteiger charge is 2.10. The predicted octanol–water partition coefficient (Wildman–Crippen LogP) is 6.97. The van der Waals surface area contributed by atoms with Gasteiger partial charge in [0.1, 0.15) is 17.4 Å². The van der Waals surface area contributed by atoms with Gasteiger partial charge in [-0.05, 0) is 46.5 Å². The Hall–Kier alpha value is -3.46. The summed E-state index contributed by atoms with van der Waals surface area (Å²) in [6.45, 7) is 0. The number of hydrogen-bond donors (Lipinski definition) is 0. The van der Waals surface area contributed by atoms with Gasteiger partial charge in [0.15, 0.2) is 0 Å². The van der Waals surface area contributed by atoms with Crippen LogP contribution >= 0.6 is 0 Å². The van der Waals surface area contributed by atoms with Gasteiger partial charge >= 0.3 is 0 Å². The molecular formula is C25H18F2O. The number of rotatable bonds is 4. The van der Waals surface area contributed by atoms with Crippen molar-refractivity contribution in [1.29, 1.82) is 0 Å². The van der Waals surface area contributed by atoms with Crippen molar-refractivity contribution in [3.63, 3.8) is 0 Å². The van der Waals surface area contributed by atoms with E-state index in [0.717, 1.165) is 16.9 Å². The normalized spacial score (nSPS) is 10.7. The van der Waals surface area contributed by atoms with E-state index in [1.807, 2.05) is 48.5 Å². The highest BCUT2D eigenvalue weighted by molar-refractivity contribution is 5.74. The number of halogens is 2. The summed E-state index contributed by atoms with van der Waals surface area (Å²) < 4.78 is 34.5. The van der Waals surface area contributed by atoms with Crippen molar-refractivity contribution in [3.8, 4) is 39.1 Å². The summed E-state index contributed by atoms with van der Waals surface area (Å²) in [6.07, 6.45) is 0. The molecule has 0 atom stereocenters. The first kappa shape index (κ1) is 17.9. The van der Waals surface area contributed by atoms with Crippen LogP contribution in [-0.2, 0) is 0 Å². The van der Waals surface area contributed by atoms with Gasteiger partial charge in [0, 0.05) is 11.1 Å². The molecule has 0 radical (unpaired) electrons. The molecule has 0 heterocycles. The third kappa shape index (κ3) is 3.52. The van der Waals surface area contributed by atoms with E-state index in [1.54, 1.807) is 37.4 Å². The third-order valence-corrected chi connectivity index (χ3v) is 4.76. The molecule has 0 aromatic heterocycles. The van der Waals surface area contributed by atoms with Crippen LogP contribution < -0.4 is 4.74 Å². The number of hydrogen-bond acceptors (Lipinski definition) is 1. The van der Waals surface area contributed by atoms with E-state index in [1.165, 1.54) is 12.1 Å². The zero-order valence-corrected chi connectivity index (χ0v) is 15.3. The first-order valence-electron chi connectivity index (χ1n) is 8.95. The van der Waals surface area contributed by atoms with E-state index in [0.29, 0.717) is 22.3 Å². The quantitative estimate of drug-likeness (QED) is 0.376. The predicted molar refractivity (Wildman–Crippen MR) is 109 cm³/mol. The summed E-state index contributed by atoms with van der Waals surface area (Å²) in [6, 6.07) is 26.5. The monoisotopic (exact) mass is 372 g/mol. The zero-order chi connectivity index (χ0) is 19.5. The van der Waals surface area contributed by atoms with E-state index >= 15 is 0 Å². The van der Waals surface area contributed by atoms with Crippen LogP contribution in [-0.4, -0.2) is 7.11 Å². The minimum absolute atomic E-state index is 0.330. The van der Waals surface area contributed by atoms with Crippen molar-refractivity contribution in [1.82, 2.24) is 0 Å². The molecule has 1 nitrogen and oxygen atoms in total. The van der Waals surface area contributed by atoms with Crippen molar-refractivity contribution in [3.05, 3.63) is 103 Å². The maximum Gasteiger partial charge on any atom is 0.131 e. The summed E-state index contributed by atoms with van der Waals surface area (Å²) >= 11 is 0. The van der Waals surface area contributed by atoms with Crippen molar-refractivity contribution in [2.75, 3.05) is 7.11 Å². The fourth-order valence-electron chi connectivity index (χ4n) is 3.25. The van der Waals surface area contributed by atoms with Gasteiger partial charge in [-0.3, -0.25) is 0 Å². The average molecular weight is 372 g/mol. The Labute approximate surface area is 162 Å². The highest BCUT2D eigenvalue weighted by Crippen LogP contribution is 2.31. The van der Waals surface area contributed by atoms with Gasteiger partial charge in [-0.25, -0.2) is 8.78 Å². The van der Waals surface area contributed by atoms with Crippen LogP contribution in [0.25, 0.3) is 33.4 Å². The van der Waals surface area contributed by atoms with Crippen LogP contribution in [0.5, 0.6) is 5.75 Å². The lowest BCUT2D eigenvalue weighted by atomic mass is 9.97. The lowest BCUT2D eigenvalue weighted by Crippen LogP contribution is -1.89. The van der Waals surface area contributed by atoms with Crippen molar-refractivity contribution in [2.24, 2.45) is 0 Å². The molecule has 4 aromatic carbocycles. The van der Waals surface area contributed by atoms with Crippen LogP contribution in [0, 0.1) is 11.6 Å². The minimum Gasteiger partial charge on any atom is -0.497 e. The van der Waals surface area contributed by atoms with Crippen LogP contribution in [0.15, 0.2) is 91.0 Å². The van der Waals surface area contributed by atoms with Crippen molar-refractivity contribution < 1.29 is 13.5 Å². The SMILES string of the molecule is COc1ccc(-c2ccc(-c3ccc(-c4ccccc4)c(F)c3)cc2F)cc1.